The number of hydrogen-bond donors (Lipinski definition) is 2. The number of amides is 1. The van der Waals surface area contributed by atoms with Crippen molar-refractivity contribution in [3.8, 4) is 0 Å². The second kappa shape index (κ2) is 5.91. The summed E-state index contributed by atoms with van der Waals surface area (Å²) < 4.78 is 6.65. The molecule has 106 valence electrons. The minimum absolute atomic E-state index is 0.0306. The number of benzene rings is 1. The van der Waals surface area contributed by atoms with Crippen LogP contribution in [0.4, 0.5) is 5.69 Å². The molecule has 1 fully saturated rings. The van der Waals surface area contributed by atoms with Gasteiger partial charge in [-0.3, -0.25) is 4.79 Å². The largest absolute Gasteiger partial charge is 0.379 e. The number of likely N-dealkylation sites (N-methyl/N-ethyl adjacent to an activating group) is 1. The first-order valence-corrected chi connectivity index (χ1v) is 7.75. The Morgan fingerprint density at radius 3 is 3.15 bits per heavy atom. The van der Waals surface area contributed by atoms with Gasteiger partial charge in [0.15, 0.2) is 0 Å². The molecule has 0 saturated carbocycles. The van der Waals surface area contributed by atoms with Crippen molar-refractivity contribution in [2.75, 3.05) is 25.1 Å². The third-order valence-corrected chi connectivity index (χ3v) is 4.50. The first kappa shape index (κ1) is 13.5. The van der Waals surface area contributed by atoms with E-state index in [2.05, 4.69) is 22.1 Å². The fraction of sp³-hybridized carbons (Fsp3) is 0.400. The van der Waals surface area contributed by atoms with Gasteiger partial charge >= 0.3 is 0 Å². The molecule has 1 aromatic carbocycles. The van der Waals surface area contributed by atoms with E-state index in [1.807, 2.05) is 25.1 Å². The zero-order chi connectivity index (χ0) is 13.9. The van der Waals surface area contributed by atoms with E-state index < -0.39 is 0 Å². The molecule has 4 nitrogen and oxygen atoms in total. The summed E-state index contributed by atoms with van der Waals surface area (Å²) in [6.45, 7) is 3.98. The van der Waals surface area contributed by atoms with E-state index in [1.54, 1.807) is 11.3 Å². The molecule has 1 amide bonds. The number of fused-ring (bicyclic) bond motifs is 1. The summed E-state index contributed by atoms with van der Waals surface area (Å²) >= 11 is 1.70. The fourth-order valence-corrected chi connectivity index (χ4v) is 3.33. The van der Waals surface area contributed by atoms with Gasteiger partial charge in [0, 0.05) is 16.4 Å². The van der Waals surface area contributed by atoms with Crippen LogP contribution in [-0.2, 0) is 9.53 Å². The summed E-state index contributed by atoms with van der Waals surface area (Å²) in [6, 6.07) is 8.19. The van der Waals surface area contributed by atoms with Crippen molar-refractivity contribution in [1.29, 1.82) is 0 Å². The molecule has 0 aliphatic carbocycles. The number of nitrogens with one attached hydrogen (secondary N) is 2. The molecule has 2 unspecified atom stereocenters. The van der Waals surface area contributed by atoms with Crippen LogP contribution in [0.15, 0.2) is 29.6 Å². The third kappa shape index (κ3) is 2.70. The molecule has 3 rings (SSSR count). The number of anilines is 1. The standard InChI is InChI=1S/C15H18N2O2S/c1-2-16-13-9-19-8-12(13)15(18)17-11-3-4-14-10(7-11)5-6-20-14/h3-7,12-13,16H,2,8-9H2,1H3,(H,17,18). The van der Waals surface area contributed by atoms with Crippen LogP contribution in [0.2, 0.25) is 0 Å². The maximum Gasteiger partial charge on any atom is 0.231 e. The second-order valence-electron chi connectivity index (χ2n) is 4.97. The summed E-state index contributed by atoms with van der Waals surface area (Å²) in [5.74, 6) is -0.0869. The highest BCUT2D eigenvalue weighted by atomic mass is 32.1. The molecular weight excluding hydrogens is 272 g/mol. The van der Waals surface area contributed by atoms with Gasteiger partial charge in [-0.05, 0) is 41.6 Å². The smallest absolute Gasteiger partial charge is 0.231 e. The molecule has 1 aromatic heterocycles. The number of rotatable bonds is 4. The number of ether oxygens (including phenoxy) is 1. The molecule has 2 N–H and O–H groups in total. The highest BCUT2D eigenvalue weighted by molar-refractivity contribution is 7.17. The topological polar surface area (TPSA) is 50.4 Å². The van der Waals surface area contributed by atoms with Crippen LogP contribution >= 0.6 is 11.3 Å². The molecule has 5 heteroatoms. The Kier molecular flexibility index (Phi) is 4.00. The van der Waals surface area contributed by atoms with Crippen molar-refractivity contribution >= 4 is 33.0 Å². The minimum atomic E-state index is -0.117. The van der Waals surface area contributed by atoms with E-state index in [-0.39, 0.29) is 17.9 Å². The lowest BCUT2D eigenvalue weighted by atomic mass is 10.0. The fourth-order valence-electron chi connectivity index (χ4n) is 2.56. The van der Waals surface area contributed by atoms with Gasteiger partial charge in [-0.25, -0.2) is 0 Å². The highest BCUT2D eigenvalue weighted by Crippen LogP contribution is 2.25. The zero-order valence-corrected chi connectivity index (χ0v) is 12.2. The van der Waals surface area contributed by atoms with Crippen molar-refractivity contribution in [3.63, 3.8) is 0 Å². The van der Waals surface area contributed by atoms with Gasteiger partial charge in [0.2, 0.25) is 5.91 Å². The molecule has 1 aliphatic heterocycles. The van der Waals surface area contributed by atoms with Crippen LogP contribution in [-0.4, -0.2) is 31.7 Å². The predicted molar refractivity (Wildman–Crippen MR) is 82.2 cm³/mol. The van der Waals surface area contributed by atoms with E-state index in [9.17, 15) is 4.79 Å². The Labute approximate surface area is 122 Å². The van der Waals surface area contributed by atoms with Gasteiger partial charge in [0.25, 0.3) is 0 Å². The van der Waals surface area contributed by atoms with Crippen LogP contribution in [0.25, 0.3) is 10.1 Å². The van der Waals surface area contributed by atoms with Crippen LogP contribution in [0.5, 0.6) is 0 Å². The molecule has 0 radical (unpaired) electrons. The maximum absolute atomic E-state index is 12.3. The minimum Gasteiger partial charge on any atom is -0.379 e. The third-order valence-electron chi connectivity index (χ3n) is 3.60. The molecular formula is C15H18N2O2S. The Bertz CT molecular complexity index is 611. The Balaban J connectivity index is 1.71. The second-order valence-corrected chi connectivity index (χ2v) is 5.92. The molecule has 2 heterocycles. The van der Waals surface area contributed by atoms with E-state index >= 15 is 0 Å². The molecule has 1 aliphatic rings. The van der Waals surface area contributed by atoms with Gasteiger partial charge in [-0.2, -0.15) is 0 Å². The summed E-state index contributed by atoms with van der Waals surface area (Å²) in [5, 5.41) is 9.53. The lowest BCUT2D eigenvalue weighted by molar-refractivity contribution is -0.120. The van der Waals surface area contributed by atoms with Gasteiger partial charge in [0.1, 0.15) is 0 Å². The van der Waals surface area contributed by atoms with Crippen molar-refractivity contribution in [2.24, 2.45) is 5.92 Å². The summed E-state index contributed by atoms with van der Waals surface area (Å²) in [5.41, 5.74) is 0.850. The van der Waals surface area contributed by atoms with E-state index in [1.165, 1.54) is 10.1 Å². The predicted octanol–water partition coefficient (Wildman–Crippen LogP) is 2.46. The van der Waals surface area contributed by atoms with E-state index in [4.69, 9.17) is 4.74 Å². The Hall–Kier alpha value is -1.43. The molecule has 0 bridgehead atoms. The number of hydrogen-bond acceptors (Lipinski definition) is 4. The lowest BCUT2D eigenvalue weighted by Gasteiger charge is -2.17. The van der Waals surface area contributed by atoms with E-state index in [0.29, 0.717) is 13.2 Å². The summed E-state index contributed by atoms with van der Waals surface area (Å²) in [4.78, 5) is 12.3. The number of carbonyl (C=O) groups excluding carboxylic acids is 1. The number of thiophene rings is 1. The molecule has 2 atom stereocenters. The molecule has 1 saturated heterocycles. The monoisotopic (exact) mass is 290 g/mol. The van der Waals surface area contributed by atoms with Crippen LogP contribution in [0.3, 0.4) is 0 Å². The normalized spacial score (nSPS) is 22.2. The van der Waals surface area contributed by atoms with Crippen molar-refractivity contribution in [3.05, 3.63) is 29.6 Å². The Morgan fingerprint density at radius 2 is 2.30 bits per heavy atom. The van der Waals surface area contributed by atoms with Crippen molar-refractivity contribution < 1.29 is 9.53 Å². The van der Waals surface area contributed by atoms with Gasteiger partial charge in [-0.1, -0.05) is 6.92 Å². The highest BCUT2D eigenvalue weighted by Gasteiger charge is 2.33. The zero-order valence-electron chi connectivity index (χ0n) is 11.4. The van der Waals surface area contributed by atoms with Crippen LogP contribution < -0.4 is 10.6 Å². The van der Waals surface area contributed by atoms with Crippen LogP contribution in [0, 0.1) is 5.92 Å². The quantitative estimate of drug-likeness (QED) is 0.909. The van der Waals surface area contributed by atoms with Crippen molar-refractivity contribution in [2.45, 2.75) is 13.0 Å². The Morgan fingerprint density at radius 1 is 1.40 bits per heavy atom. The summed E-state index contributed by atoms with van der Waals surface area (Å²) in [6.07, 6.45) is 0. The van der Waals surface area contributed by atoms with Gasteiger partial charge < -0.3 is 15.4 Å². The first-order valence-electron chi connectivity index (χ1n) is 6.87. The lowest BCUT2D eigenvalue weighted by Crippen LogP contribution is -2.41. The average Bonchev–Trinajstić information content (AvgIpc) is 3.07. The van der Waals surface area contributed by atoms with Gasteiger partial charge in [0.05, 0.1) is 19.1 Å². The van der Waals surface area contributed by atoms with Crippen LogP contribution in [0.1, 0.15) is 6.92 Å². The first-order chi connectivity index (χ1) is 9.78. The molecule has 0 spiro atoms. The SMILES string of the molecule is CCNC1COCC1C(=O)Nc1ccc2sccc2c1. The molecule has 2 aromatic rings. The number of carbonyl (C=O) groups is 1. The van der Waals surface area contributed by atoms with Gasteiger partial charge in [-0.15, -0.1) is 11.3 Å². The maximum atomic E-state index is 12.3. The van der Waals surface area contributed by atoms with Crippen molar-refractivity contribution in [1.82, 2.24) is 5.32 Å². The summed E-state index contributed by atoms with van der Waals surface area (Å²) in [7, 11) is 0. The molecule has 20 heavy (non-hydrogen) atoms. The average molecular weight is 290 g/mol. The van der Waals surface area contributed by atoms with E-state index in [0.717, 1.165) is 12.2 Å².